The van der Waals surface area contributed by atoms with Crippen molar-refractivity contribution in [3.8, 4) is 0 Å². The highest BCUT2D eigenvalue weighted by Crippen LogP contribution is 2.20. The summed E-state index contributed by atoms with van der Waals surface area (Å²) in [5.41, 5.74) is 0.616. The monoisotopic (exact) mass is 320 g/mol. The van der Waals surface area contributed by atoms with Crippen LogP contribution in [0.3, 0.4) is 0 Å². The highest BCUT2D eigenvalue weighted by atomic mass is 16.4. The number of benzene rings is 1. The van der Waals surface area contributed by atoms with Gasteiger partial charge in [0, 0.05) is 19.0 Å². The van der Waals surface area contributed by atoms with Crippen LogP contribution < -0.4 is 10.6 Å². The molecule has 6 nitrogen and oxygen atoms in total. The van der Waals surface area contributed by atoms with Gasteiger partial charge in [0.2, 0.25) is 5.91 Å². The summed E-state index contributed by atoms with van der Waals surface area (Å²) in [5.74, 6) is -1.34. The van der Waals surface area contributed by atoms with Crippen molar-refractivity contribution in [1.29, 1.82) is 0 Å². The minimum absolute atomic E-state index is 0.105. The maximum Gasteiger partial charge on any atom is 0.305 e. The highest BCUT2D eigenvalue weighted by molar-refractivity contribution is 5.95. The van der Waals surface area contributed by atoms with Crippen LogP contribution in [0.1, 0.15) is 56.0 Å². The van der Waals surface area contributed by atoms with Gasteiger partial charge in [-0.25, -0.2) is 0 Å². The summed E-state index contributed by atoms with van der Waals surface area (Å²) in [7, 11) is 0. The zero-order valence-electron chi connectivity index (χ0n) is 13.8. The van der Waals surface area contributed by atoms with Crippen LogP contribution >= 0.6 is 0 Å². The molecule has 0 unspecified atom stereocenters. The fraction of sp³-hybridized carbons (Fsp3) is 0.471. The topological polar surface area (TPSA) is 95.5 Å². The summed E-state index contributed by atoms with van der Waals surface area (Å²) in [6.45, 7) is 5.58. The second-order valence-electron chi connectivity index (χ2n) is 5.62. The molecule has 0 aromatic heterocycles. The van der Waals surface area contributed by atoms with Gasteiger partial charge in [0.05, 0.1) is 12.0 Å². The number of nitrogens with one attached hydrogen (secondary N) is 2. The number of carboxylic acids is 1. The molecule has 0 aliphatic rings. The van der Waals surface area contributed by atoms with E-state index in [2.05, 4.69) is 10.6 Å². The normalized spacial score (nSPS) is 10.9. The third-order valence-electron chi connectivity index (χ3n) is 3.98. The maximum absolute atomic E-state index is 12.4. The number of hydrogen-bond acceptors (Lipinski definition) is 3. The van der Waals surface area contributed by atoms with E-state index in [1.165, 1.54) is 6.92 Å². The largest absolute Gasteiger partial charge is 0.481 e. The summed E-state index contributed by atoms with van der Waals surface area (Å²) in [6.07, 6.45) is 0.983. The van der Waals surface area contributed by atoms with Crippen LogP contribution in [0.15, 0.2) is 24.3 Å². The predicted octanol–water partition coefficient (Wildman–Crippen LogP) is 2.09. The van der Waals surface area contributed by atoms with Gasteiger partial charge in [-0.15, -0.1) is 0 Å². The molecule has 1 aromatic carbocycles. The fourth-order valence-corrected chi connectivity index (χ4v) is 2.32. The molecule has 0 atom stereocenters. The van der Waals surface area contributed by atoms with Crippen LogP contribution in [0, 0.1) is 0 Å². The van der Waals surface area contributed by atoms with Crippen molar-refractivity contribution in [2.24, 2.45) is 0 Å². The first-order valence-corrected chi connectivity index (χ1v) is 7.69. The summed E-state index contributed by atoms with van der Waals surface area (Å²) in [6, 6.07) is 6.87. The number of carbonyl (C=O) groups excluding carboxylic acids is 2. The molecule has 0 fully saturated rings. The van der Waals surface area contributed by atoms with E-state index < -0.39 is 11.5 Å². The lowest BCUT2D eigenvalue weighted by atomic mass is 9.88. The summed E-state index contributed by atoms with van der Waals surface area (Å²) in [4.78, 5) is 34.3. The standard InChI is InChI=1S/C17H24N2O4/c1-4-17(5-2,10-15(21)22)19-16(23)14-8-6-13(7-9-14)11-18-12(3)20/h6-9H,4-5,10-11H2,1-3H3,(H,18,20)(H,19,23)(H,21,22). The smallest absolute Gasteiger partial charge is 0.305 e. The second-order valence-corrected chi connectivity index (χ2v) is 5.62. The van der Waals surface area contributed by atoms with E-state index in [4.69, 9.17) is 5.11 Å². The van der Waals surface area contributed by atoms with Gasteiger partial charge < -0.3 is 15.7 Å². The number of carbonyl (C=O) groups is 3. The second kappa shape index (κ2) is 8.31. The Balaban J connectivity index is 2.79. The number of hydrogen-bond donors (Lipinski definition) is 3. The number of rotatable bonds is 8. The minimum atomic E-state index is -0.931. The van der Waals surface area contributed by atoms with E-state index in [1.54, 1.807) is 24.3 Å². The molecule has 23 heavy (non-hydrogen) atoms. The van der Waals surface area contributed by atoms with Crippen LogP contribution in [0.25, 0.3) is 0 Å². The number of amides is 2. The van der Waals surface area contributed by atoms with Gasteiger partial charge in [-0.3, -0.25) is 14.4 Å². The third kappa shape index (κ3) is 5.73. The van der Waals surface area contributed by atoms with Crippen molar-refractivity contribution in [2.45, 2.75) is 52.1 Å². The van der Waals surface area contributed by atoms with Gasteiger partial charge in [0.1, 0.15) is 0 Å². The van der Waals surface area contributed by atoms with Crippen molar-refractivity contribution in [2.75, 3.05) is 0 Å². The zero-order chi connectivity index (χ0) is 17.5. The molecular formula is C17H24N2O4. The molecule has 1 aromatic rings. The lowest BCUT2D eigenvalue weighted by Gasteiger charge is -2.31. The van der Waals surface area contributed by atoms with E-state index in [9.17, 15) is 14.4 Å². The van der Waals surface area contributed by atoms with Gasteiger partial charge in [0.25, 0.3) is 5.91 Å². The van der Waals surface area contributed by atoms with Crippen molar-refractivity contribution in [3.63, 3.8) is 0 Å². The van der Waals surface area contributed by atoms with Crippen molar-refractivity contribution >= 4 is 17.8 Å². The first kappa shape index (κ1) is 18.7. The van der Waals surface area contributed by atoms with Crippen LogP contribution in [0.4, 0.5) is 0 Å². The molecule has 0 aliphatic carbocycles. The highest BCUT2D eigenvalue weighted by Gasteiger charge is 2.31. The van der Waals surface area contributed by atoms with Crippen LogP contribution in [0.2, 0.25) is 0 Å². The molecule has 0 heterocycles. The van der Waals surface area contributed by atoms with Gasteiger partial charge in [0.15, 0.2) is 0 Å². The Morgan fingerprint density at radius 3 is 2.09 bits per heavy atom. The van der Waals surface area contributed by atoms with Crippen LogP contribution in [0.5, 0.6) is 0 Å². The van der Waals surface area contributed by atoms with E-state index in [0.717, 1.165) is 5.56 Å². The SMILES string of the molecule is CCC(CC)(CC(=O)O)NC(=O)c1ccc(CNC(C)=O)cc1. The number of carboxylic acid groups (broad SMARTS) is 1. The molecule has 0 aliphatic heterocycles. The van der Waals surface area contributed by atoms with Gasteiger partial charge in [-0.1, -0.05) is 26.0 Å². The molecule has 0 saturated carbocycles. The quantitative estimate of drug-likeness (QED) is 0.683. The molecule has 3 N–H and O–H groups in total. The Morgan fingerprint density at radius 2 is 1.65 bits per heavy atom. The molecule has 126 valence electrons. The van der Waals surface area contributed by atoms with Gasteiger partial charge >= 0.3 is 5.97 Å². The summed E-state index contributed by atoms with van der Waals surface area (Å²) in [5, 5.41) is 14.6. The predicted molar refractivity (Wildman–Crippen MR) is 87.0 cm³/mol. The lowest BCUT2D eigenvalue weighted by molar-refractivity contribution is -0.138. The lowest BCUT2D eigenvalue weighted by Crippen LogP contribution is -2.49. The molecule has 1 rings (SSSR count). The molecule has 6 heteroatoms. The molecule has 0 saturated heterocycles. The van der Waals surface area contributed by atoms with Crippen molar-refractivity contribution < 1.29 is 19.5 Å². The average molecular weight is 320 g/mol. The number of aliphatic carboxylic acids is 1. The first-order valence-electron chi connectivity index (χ1n) is 7.69. The van der Waals surface area contributed by atoms with E-state index in [0.29, 0.717) is 24.9 Å². The average Bonchev–Trinajstić information content (AvgIpc) is 2.52. The van der Waals surface area contributed by atoms with Gasteiger partial charge in [-0.2, -0.15) is 0 Å². The Hall–Kier alpha value is -2.37. The first-order chi connectivity index (χ1) is 10.8. The fourth-order valence-electron chi connectivity index (χ4n) is 2.32. The Labute approximate surface area is 136 Å². The van der Waals surface area contributed by atoms with E-state index in [-0.39, 0.29) is 18.2 Å². The molecule has 0 radical (unpaired) electrons. The summed E-state index contributed by atoms with van der Waals surface area (Å²) < 4.78 is 0. The van der Waals surface area contributed by atoms with Crippen molar-refractivity contribution in [1.82, 2.24) is 10.6 Å². The third-order valence-corrected chi connectivity index (χ3v) is 3.98. The molecule has 0 bridgehead atoms. The van der Waals surface area contributed by atoms with Gasteiger partial charge in [-0.05, 0) is 30.5 Å². The maximum atomic E-state index is 12.4. The van der Waals surface area contributed by atoms with Crippen LogP contribution in [-0.4, -0.2) is 28.4 Å². The Morgan fingerprint density at radius 1 is 1.09 bits per heavy atom. The Kier molecular flexibility index (Phi) is 6.75. The molecule has 0 spiro atoms. The molecule has 2 amide bonds. The Bertz CT molecular complexity index is 562. The minimum Gasteiger partial charge on any atom is -0.481 e. The zero-order valence-corrected chi connectivity index (χ0v) is 13.8. The molecular weight excluding hydrogens is 296 g/mol. The summed E-state index contributed by atoms with van der Waals surface area (Å²) >= 11 is 0. The van der Waals surface area contributed by atoms with E-state index in [1.807, 2.05) is 13.8 Å². The van der Waals surface area contributed by atoms with E-state index >= 15 is 0 Å². The van der Waals surface area contributed by atoms with Crippen molar-refractivity contribution in [3.05, 3.63) is 35.4 Å². The van der Waals surface area contributed by atoms with Crippen LogP contribution in [-0.2, 0) is 16.1 Å².